The minimum absolute atomic E-state index is 0.0809. The Morgan fingerprint density at radius 3 is 2.25 bits per heavy atom. The number of rotatable bonds is 12. The van der Waals surface area contributed by atoms with E-state index in [1.165, 1.54) is 24.3 Å². The predicted octanol–water partition coefficient (Wildman–Crippen LogP) is 6.90. The van der Waals surface area contributed by atoms with Crippen molar-refractivity contribution in [2.24, 2.45) is 0 Å². The van der Waals surface area contributed by atoms with E-state index in [2.05, 4.69) is 10.3 Å². The number of alkyl halides is 3. The maximum atomic E-state index is 14.5. The van der Waals surface area contributed by atoms with Crippen molar-refractivity contribution in [3.05, 3.63) is 122 Å². The van der Waals surface area contributed by atoms with E-state index < -0.39 is 28.9 Å². The third-order valence-corrected chi connectivity index (χ3v) is 8.72. The van der Waals surface area contributed by atoms with Crippen LogP contribution in [0, 0.1) is 11.6 Å². The second-order valence-electron chi connectivity index (χ2n) is 12.8. The lowest BCUT2D eigenvalue weighted by molar-refractivity contribution is -0.137. The summed E-state index contributed by atoms with van der Waals surface area (Å²) < 4.78 is 69.2. The summed E-state index contributed by atoms with van der Waals surface area (Å²) >= 11 is 0. The standard InChI is InChI=1S/C37H39F5N4O2/c1-4-43-36(2,3)23-45(21-24-11-13-25(14-12-24)26-15-18-28(19-16-26)37(40,41)42)33(47)22-46-31-10-6-8-29(31)35(48)44-32(46)20-17-27-7-5-9-30(38)34(27)39/h5,7,9,11-16,18-19,43H,4,6,8,10,17,20-23H2,1-3H3. The molecule has 48 heavy (non-hydrogen) atoms. The van der Waals surface area contributed by atoms with Gasteiger partial charge in [0, 0.05) is 36.3 Å². The molecule has 5 rings (SSSR count). The second-order valence-corrected chi connectivity index (χ2v) is 12.8. The molecule has 254 valence electrons. The Kier molecular flexibility index (Phi) is 10.5. The van der Waals surface area contributed by atoms with Crippen LogP contribution in [0.2, 0.25) is 0 Å². The first kappa shape index (κ1) is 34.9. The van der Waals surface area contributed by atoms with Crippen LogP contribution in [0.25, 0.3) is 11.1 Å². The number of hydrogen-bond donors (Lipinski definition) is 1. The average Bonchev–Trinajstić information content (AvgIpc) is 3.54. The third kappa shape index (κ3) is 8.18. The Labute approximate surface area is 276 Å². The van der Waals surface area contributed by atoms with Gasteiger partial charge in [0.1, 0.15) is 12.4 Å². The lowest BCUT2D eigenvalue weighted by Crippen LogP contribution is -2.51. The first-order chi connectivity index (χ1) is 22.8. The van der Waals surface area contributed by atoms with Crippen molar-refractivity contribution in [1.29, 1.82) is 0 Å². The van der Waals surface area contributed by atoms with Gasteiger partial charge in [-0.25, -0.2) is 8.78 Å². The van der Waals surface area contributed by atoms with E-state index in [9.17, 15) is 31.5 Å². The van der Waals surface area contributed by atoms with E-state index in [4.69, 9.17) is 0 Å². The molecular formula is C37H39F5N4O2. The van der Waals surface area contributed by atoms with Gasteiger partial charge in [-0.15, -0.1) is 0 Å². The highest BCUT2D eigenvalue weighted by molar-refractivity contribution is 5.76. The number of aryl methyl sites for hydroxylation is 2. The highest BCUT2D eigenvalue weighted by Gasteiger charge is 2.30. The minimum atomic E-state index is -4.41. The lowest BCUT2D eigenvalue weighted by atomic mass is 10.0. The van der Waals surface area contributed by atoms with Crippen LogP contribution in [0.1, 0.15) is 61.0 Å². The summed E-state index contributed by atoms with van der Waals surface area (Å²) in [6, 6.07) is 16.3. The fourth-order valence-corrected chi connectivity index (χ4v) is 6.38. The highest BCUT2D eigenvalue weighted by atomic mass is 19.4. The third-order valence-electron chi connectivity index (χ3n) is 8.72. The number of nitrogens with one attached hydrogen (secondary N) is 1. The van der Waals surface area contributed by atoms with Gasteiger partial charge in [-0.1, -0.05) is 55.5 Å². The molecular weight excluding hydrogens is 627 g/mol. The molecule has 0 saturated carbocycles. The Morgan fingerprint density at radius 2 is 1.60 bits per heavy atom. The minimum Gasteiger partial charge on any atom is -0.335 e. The van der Waals surface area contributed by atoms with Gasteiger partial charge in [-0.3, -0.25) is 9.59 Å². The van der Waals surface area contributed by atoms with E-state index >= 15 is 0 Å². The summed E-state index contributed by atoms with van der Waals surface area (Å²) in [5.41, 5.74) is 2.21. The first-order valence-electron chi connectivity index (χ1n) is 16.1. The monoisotopic (exact) mass is 666 g/mol. The van der Waals surface area contributed by atoms with Crippen LogP contribution in [-0.2, 0) is 49.7 Å². The SMILES string of the molecule is CCNC(C)(C)CN(Cc1ccc(-c2ccc(C(F)(F)F)cc2)cc1)C(=O)Cn1c(CCc2cccc(F)c2F)nc(=O)c2c1CCC2. The molecule has 1 amide bonds. The van der Waals surface area contributed by atoms with E-state index in [0.29, 0.717) is 42.9 Å². The number of likely N-dealkylation sites (N-methyl/N-ethyl adjacent to an activating group) is 1. The molecule has 0 aliphatic heterocycles. The van der Waals surface area contributed by atoms with Gasteiger partial charge in [0.25, 0.3) is 5.56 Å². The zero-order valence-corrected chi connectivity index (χ0v) is 27.3. The van der Waals surface area contributed by atoms with Gasteiger partial charge in [0.15, 0.2) is 11.6 Å². The van der Waals surface area contributed by atoms with Crippen molar-refractivity contribution in [3.8, 4) is 11.1 Å². The Balaban J connectivity index is 1.41. The van der Waals surface area contributed by atoms with Crippen LogP contribution >= 0.6 is 0 Å². The number of hydrogen-bond acceptors (Lipinski definition) is 4. The van der Waals surface area contributed by atoms with Crippen LogP contribution in [0.4, 0.5) is 22.0 Å². The zero-order chi connectivity index (χ0) is 34.6. The number of fused-ring (bicyclic) bond motifs is 1. The zero-order valence-electron chi connectivity index (χ0n) is 27.3. The first-order valence-corrected chi connectivity index (χ1v) is 16.1. The van der Waals surface area contributed by atoms with Crippen molar-refractivity contribution in [1.82, 2.24) is 19.8 Å². The van der Waals surface area contributed by atoms with Gasteiger partial charge in [0.05, 0.1) is 5.56 Å². The van der Waals surface area contributed by atoms with E-state index in [1.807, 2.05) is 45.0 Å². The summed E-state index contributed by atoms with van der Waals surface area (Å²) in [6.07, 6.45) is -2.24. The molecule has 0 radical (unpaired) electrons. The molecule has 0 spiro atoms. The van der Waals surface area contributed by atoms with Gasteiger partial charge >= 0.3 is 6.18 Å². The molecule has 6 nitrogen and oxygen atoms in total. The number of carbonyl (C=O) groups is 1. The van der Waals surface area contributed by atoms with Gasteiger partial charge in [-0.05, 0) is 86.5 Å². The average molecular weight is 667 g/mol. The largest absolute Gasteiger partial charge is 0.416 e. The van der Waals surface area contributed by atoms with Crippen LogP contribution in [0.15, 0.2) is 71.5 Å². The summed E-state index contributed by atoms with van der Waals surface area (Å²) in [5, 5.41) is 3.41. The van der Waals surface area contributed by atoms with Crippen molar-refractivity contribution in [2.75, 3.05) is 13.1 Å². The molecule has 0 saturated heterocycles. The number of aromatic nitrogens is 2. The predicted molar refractivity (Wildman–Crippen MR) is 174 cm³/mol. The van der Waals surface area contributed by atoms with Crippen molar-refractivity contribution in [3.63, 3.8) is 0 Å². The van der Waals surface area contributed by atoms with E-state index in [1.54, 1.807) is 9.47 Å². The second kappa shape index (κ2) is 14.4. The van der Waals surface area contributed by atoms with Crippen LogP contribution in [-0.4, -0.2) is 39.0 Å². The summed E-state index contributed by atoms with van der Waals surface area (Å²) in [5.74, 6) is -1.74. The lowest BCUT2D eigenvalue weighted by Gasteiger charge is -2.34. The fourth-order valence-electron chi connectivity index (χ4n) is 6.38. The molecule has 0 bridgehead atoms. The number of carbonyl (C=O) groups excluding carboxylic acids is 1. The summed E-state index contributed by atoms with van der Waals surface area (Å²) in [6.45, 7) is 7.22. The van der Waals surface area contributed by atoms with Gasteiger partial charge < -0.3 is 14.8 Å². The molecule has 1 aromatic heterocycles. The van der Waals surface area contributed by atoms with Gasteiger partial charge in [-0.2, -0.15) is 18.2 Å². The molecule has 0 unspecified atom stereocenters. The Hall–Kier alpha value is -4.38. The quantitative estimate of drug-likeness (QED) is 0.167. The topological polar surface area (TPSA) is 67.2 Å². The maximum absolute atomic E-state index is 14.5. The van der Waals surface area contributed by atoms with Crippen LogP contribution in [0.5, 0.6) is 0 Å². The smallest absolute Gasteiger partial charge is 0.335 e. The molecule has 1 aliphatic rings. The Morgan fingerprint density at radius 1 is 0.938 bits per heavy atom. The maximum Gasteiger partial charge on any atom is 0.416 e. The molecule has 11 heteroatoms. The molecule has 0 fully saturated rings. The number of benzene rings is 3. The van der Waals surface area contributed by atoms with Crippen LogP contribution < -0.4 is 10.9 Å². The number of halogens is 5. The molecule has 1 N–H and O–H groups in total. The van der Waals surface area contributed by atoms with E-state index in [-0.39, 0.29) is 43.0 Å². The summed E-state index contributed by atoms with van der Waals surface area (Å²) in [7, 11) is 0. The van der Waals surface area contributed by atoms with Crippen molar-refractivity contribution < 1.29 is 26.7 Å². The molecule has 0 atom stereocenters. The number of nitrogens with zero attached hydrogens (tertiary/aromatic N) is 3. The molecule has 1 aliphatic carbocycles. The molecule has 4 aromatic rings. The normalized spacial score (nSPS) is 13.1. The van der Waals surface area contributed by atoms with Crippen molar-refractivity contribution >= 4 is 5.91 Å². The highest BCUT2D eigenvalue weighted by Crippen LogP contribution is 2.31. The van der Waals surface area contributed by atoms with E-state index in [0.717, 1.165) is 41.4 Å². The van der Waals surface area contributed by atoms with Gasteiger partial charge in [0.2, 0.25) is 5.91 Å². The summed E-state index contributed by atoms with van der Waals surface area (Å²) in [4.78, 5) is 33.2. The molecule has 1 heterocycles. The fraction of sp³-hybridized carbons (Fsp3) is 0.378. The molecule has 3 aromatic carbocycles. The van der Waals surface area contributed by atoms with Crippen molar-refractivity contribution in [2.45, 2.75) is 77.7 Å². The van der Waals surface area contributed by atoms with Crippen LogP contribution in [0.3, 0.4) is 0 Å². The number of amides is 1. The Bertz CT molecular complexity index is 1820.